The van der Waals surface area contributed by atoms with Gasteiger partial charge in [0.05, 0.1) is 13.2 Å². The molecular weight excluding hydrogens is 168 g/mol. The first-order chi connectivity index (χ1) is 6.08. The fourth-order valence-corrected chi connectivity index (χ4v) is 0.970. The molecule has 1 heterocycles. The molecule has 1 aliphatic heterocycles. The molecule has 2 atom stereocenters. The number of hydrogen-bond acceptors (Lipinski definition) is 3. The van der Waals surface area contributed by atoms with E-state index >= 15 is 0 Å². The van der Waals surface area contributed by atoms with Gasteiger partial charge in [-0.3, -0.25) is 0 Å². The first-order valence-corrected chi connectivity index (χ1v) is 4.20. The molecule has 1 saturated heterocycles. The Bertz CT molecular complexity index is 255. The second-order valence-electron chi connectivity index (χ2n) is 3.19. The molecule has 3 nitrogen and oxygen atoms in total. The summed E-state index contributed by atoms with van der Waals surface area (Å²) in [4.78, 5) is 10.6. The number of ether oxygens (including phenoxy) is 2. The molecule has 72 valence electrons. The van der Waals surface area contributed by atoms with Gasteiger partial charge in [-0.1, -0.05) is 18.2 Å². The lowest BCUT2D eigenvalue weighted by molar-refractivity contribution is -0.134. The number of methoxy groups -OCH3 is 1. The smallest absolute Gasteiger partial charge is 0.330 e. The van der Waals surface area contributed by atoms with Crippen LogP contribution in [-0.4, -0.2) is 24.8 Å². The summed E-state index contributed by atoms with van der Waals surface area (Å²) in [6.07, 6.45) is 7.01. The minimum atomic E-state index is -0.348. The number of allylic oxidation sites excluding steroid dienone is 2. The predicted octanol–water partition coefficient (Wildman–Crippen LogP) is 1.45. The van der Waals surface area contributed by atoms with Crippen LogP contribution in [0.1, 0.15) is 13.8 Å². The molecule has 0 unspecified atom stereocenters. The number of esters is 1. The van der Waals surface area contributed by atoms with Crippen LogP contribution in [0, 0.1) is 0 Å². The molecular formula is C10H14O3. The minimum absolute atomic E-state index is 0.138. The highest BCUT2D eigenvalue weighted by molar-refractivity contribution is 5.82. The van der Waals surface area contributed by atoms with E-state index in [2.05, 4.69) is 4.74 Å². The van der Waals surface area contributed by atoms with Gasteiger partial charge in [-0.2, -0.15) is 0 Å². The van der Waals surface area contributed by atoms with E-state index in [9.17, 15) is 4.79 Å². The zero-order chi connectivity index (χ0) is 9.90. The molecule has 0 aromatic carbocycles. The average Bonchev–Trinajstić information content (AvgIpc) is 2.69. The summed E-state index contributed by atoms with van der Waals surface area (Å²) < 4.78 is 9.73. The summed E-state index contributed by atoms with van der Waals surface area (Å²) in [5.41, 5.74) is -0.138. The second-order valence-corrected chi connectivity index (χ2v) is 3.19. The molecule has 0 amide bonds. The molecule has 1 rings (SSSR count). The monoisotopic (exact) mass is 182 g/mol. The third kappa shape index (κ3) is 2.70. The lowest BCUT2D eigenvalue weighted by Crippen LogP contribution is -2.01. The van der Waals surface area contributed by atoms with Crippen molar-refractivity contribution in [3.63, 3.8) is 0 Å². The standard InChI is InChI=1S/C10H14O3/c1-8-10(2,13-8)7-5-4-6-9(11)12-3/h4-8H,1-3H3/b6-4+,7-5+/t8-,10+/m0/s1. The zero-order valence-electron chi connectivity index (χ0n) is 8.11. The van der Waals surface area contributed by atoms with Gasteiger partial charge >= 0.3 is 5.97 Å². The Balaban J connectivity index is 2.34. The molecule has 1 aliphatic rings. The Morgan fingerprint density at radius 1 is 1.54 bits per heavy atom. The summed E-state index contributed by atoms with van der Waals surface area (Å²) in [5.74, 6) is -0.348. The normalized spacial score (nSPS) is 32.7. The van der Waals surface area contributed by atoms with Crippen LogP contribution in [0.15, 0.2) is 24.3 Å². The van der Waals surface area contributed by atoms with Crippen LogP contribution in [0.5, 0.6) is 0 Å². The fourth-order valence-electron chi connectivity index (χ4n) is 0.970. The van der Waals surface area contributed by atoms with Crippen LogP contribution in [0.25, 0.3) is 0 Å². The van der Waals surface area contributed by atoms with Crippen LogP contribution in [0.3, 0.4) is 0 Å². The maximum atomic E-state index is 10.6. The van der Waals surface area contributed by atoms with Crippen molar-refractivity contribution in [3.8, 4) is 0 Å². The lowest BCUT2D eigenvalue weighted by atomic mass is 10.1. The maximum absolute atomic E-state index is 10.6. The van der Waals surface area contributed by atoms with Crippen LogP contribution < -0.4 is 0 Å². The van der Waals surface area contributed by atoms with E-state index in [4.69, 9.17) is 4.74 Å². The molecule has 0 aromatic rings. The third-order valence-electron chi connectivity index (χ3n) is 2.15. The van der Waals surface area contributed by atoms with Crippen molar-refractivity contribution in [1.29, 1.82) is 0 Å². The lowest BCUT2D eigenvalue weighted by Gasteiger charge is -1.92. The van der Waals surface area contributed by atoms with Gasteiger partial charge in [0.2, 0.25) is 0 Å². The van der Waals surface area contributed by atoms with Gasteiger partial charge < -0.3 is 9.47 Å². The quantitative estimate of drug-likeness (QED) is 0.287. The molecule has 13 heavy (non-hydrogen) atoms. The number of rotatable bonds is 3. The maximum Gasteiger partial charge on any atom is 0.330 e. The van der Waals surface area contributed by atoms with Crippen molar-refractivity contribution in [1.82, 2.24) is 0 Å². The van der Waals surface area contributed by atoms with Crippen molar-refractivity contribution < 1.29 is 14.3 Å². The third-order valence-corrected chi connectivity index (χ3v) is 2.15. The molecule has 0 N–H and O–H groups in total. The molecule has 0 bridgehead atoms. The van der Waals surface area contributed by atoms with Gasteiger partial charge in [-0.15, -0.1) is 0 Å². The largest absolute Gasteiger partial charge is 0.466 e. The Labute approximate surface area is 78.0 Å². The second kappa shape index (κ2) is 3.75. The molecule has 1 fully saturated rings. The van der Waals surface area contributed by atoms with Crippen molar-refractivity contribution in [2.45, 2.75) is 25.6 Å². The molecule has 0 radical (unpaired) electrons. The number of carbonyl (C=O) groups is 1. The summed E-state index contributed by atoms with van der Waals surface area (Å²) in [6, 6.07) is 0. The van der Waals surface area contributed by atoms with Gasteiger partial charge in [-0.25, -0.2) is 4.79 Å². The minimum Gasteiger partial charge on any atom is -0.466 e. The van der Waals surface area contributed by atoms with E-state index in [0.717, 1.165) is 0 Å². The molecule has 0 saturated carbocycles. The van der Waals surface area contributed by atoms with Crippen LogP contribution in [0.2, 0.25) is 0 Å². The van der Waals surface area contributed by atoms with E-state index in [1.54, 1.807) is 12.2 Å². The highest BCUT2D eigenvalue weighted by Crippen LogP contribution is 2.36. The molecule has 0 aromatic heterocycles. The fraction of sp³-hybridized carbons (Fsp3) is 0.500. The van der Waals surface area contributed by atoms with E-state index in [-0.39, 0.29) is 17.7 Å². The zero-order valence-corrected chi connectivity index (χ0v) is 8.11. The van der Waals surface area contributed by atoms with Crippen molar-refractivity contribution >= 4 is 5.97 Å². The van der Waals surface area contributed by atoms with Gasteiger partial charge in [0.15, 0.2) is 0 Å². The highest BCUT2D eigenvalue weighted by atomic mass is 16.6. The number of epoxide rings is 1. The molecule has 3 heteroatoms. The van der Waals surface area contributed by atoms with E-state index in [1.165, 1.54) is 13.2 Å². The summed E-state index contributed by atoms with van der Waals surface area (Å²) >= 11 is 0. The molecule has 0 aliphatic carbocycles. The Morgan fingerprint density at radius 2 is 2.15 bits per heavy atom. The van der Waals surface area contributed by atoms with Crippen LogP contribution >= 0.6 is 0 Å². The van der Waals surface area contributed by atoms with Crippen LogP contribution in [0.4, 0.5) is 0 Å². The highest BCUT2D eigenvalue weighted by Gasteiger charge is 2.46. The van der Waals surface area contributed by atoms with Gasteiger partial charge in [0.1, 0.15) is 5.60 Å². The van der Waals surface area contributed by atoms with E-state index in [0.29, 0.717) is 0 Å². The topological polar surface area (TPSA) is 38.8 Å². The predicted molar refractivity (Wildman–Crippen MR) is 49.2 cm³/mol. The summed E-state index contributed by atoms with van der Waals surface area (Å²) in [5, 5.41) is 0. The Morgan fingerprint density at radius 3 is 2.62 bits per heavy atom. The van der Waals surface area contributed by atoms with E-state index in [1.807, 2.05) is 19.9 Å². The van der Waals surface area contributed by atoms with Gasteiger partial charge in [0.25, 0.3) is 0 Å². The van der Waals surface area contributed by atoms with Gasteiger partial charge in [0, 0.05) is 6.08 Å². The van der Waals surface area contributed by atoms with Gasteiger partial charge in [-0.05, 0) is 13.8 Å². The first kappa shape index (κ1) is 9.99. The Kier molecular flexibility index (Phi) is 2.88. The first-order valence-electron chi connectivity index (χ1n) is 4.20. The summed E-state index contributed by atoms with van der Waals surface area (Å²) in [7, 11) is 1.35. The van der Waals surface area contributed by atoms with E-state index < -0.39 is 0 Å². The van der Waals surface area contributed by atoms with Crippen molar-refractivity contribution in [2.75, 3.05) is 7.11 Å². The van der Waals surface area contributed by atoms with Crippen molar-refractivity contribution in [2.24, 2.45) is 0 Å². The number of hydrogen-bond donors (Lipinski definition) is 0. The number of carbonyl (C=O) groups excluding carboxylic acids is 1. The molecule has 0 spiro atoms. The average molecular weight is 182 g/mol. The SMILES string of the molecule is COC(=O)/C=C/C=C/[C@@]1(C)O[C@H]1C. The van der Waals surface area contributed by atoms with Crippen LogP contribution in [-0.2, 0) is 14.3 Å². The van der Waals surface area contributed by atoms with Crippen molar-refractivity contribution in [3.05, 3.63) is 24.3 Å². The summed E-state index contributed by atoms with van der Waals surface area (Å²) in [6.45, 7) is 4.01. The Hall–Kier alpha value is -1.09.